The highest BCUT2D eigenvalue weighted by atomic mass is 19.4. The molecular weight excluding hydrogens is 271 g/mol. The first-order valence-corrected chi connectivity index (χ1v) is 6.46. The van der Waals surface area contributed by atoms with Crippen LogP contribution in [0, 0.1) is 0 Å². The summed E-state index contributed by atoms with van der Waals surface area (Å²) < 4.78 is 35.4. The Morgan fingerprint density at radius 2 is 1.80 bits per heavy atom. The van der Waals surface area contributed by atoms with Crippen molar-refractivity contribution in [2.75, 3.05) is 6.61 Å². The summed E-state index contributed by atoms with van der Waals surface area (Å²) >= 11 is 0. The zero-order chi connectivity index (χ0) is 15.0. The molecule has 0 aliphatic heterocycles. The molecule has 0 fully saturated rings. The van der Waals surface area contributed by atoms with Crippen LogP contribution in [0.15, 0.2) is 24.3 Å². The first-order valence-electron chi connectivity index (χ1n) is 6.46. The van der Waals surface area contributed by atoms with Crippen molar-refractivity contribution in [3.63, 3.8) is 0 Å². The van der Waals surface area contributed by atoms with Gasteiger partial charge in [0.2, 0.25) is 5.91 Å². The average molecular weight is 289 g/mol. The first-order chi connectivity index (χ1) is 9.40. The third-order valence-electron chi connectivity index (χ3n) is 2.63. The van der Waals surface area contributed by atoms with E-state index in [0.717, 1.165) is 24.8 Å². The summed E-state index contributed by atoms with van der Waals surface area (Å²) in [7, 11) is 0. The van der Waals surface area contributed by atoms with Gasteiger partial charge < -0.3 is 0 Å². The second-order valence-electron chi connectivity index (χ2n) is 4.53. The van der Waals surface area contributed by atoms with Crippen molar-refractivity contribution in [2.45, 2.75) is 38.8 Å². The van der Waals surface area contributed by atoms with Gasteiger partial charge in [-0.1, -0.05) is 37.6 Å². The average Bonchev–Trinajstić information content (AvgIpc) is 2.36. The highest BCUT2D eigenvalue weighted by Gasteiger charge is 2.28. The van der Waals surface area contributed by atoms with E-state index in [1.807, 2.05) is 12.1 Å². The van der Waals surface area contributed by atoms with Crippen molar-refractivity contribution in [3.05, 3.63) is 35.4 Å². The zero-order valence-electron chi connectivity index (χ0n) is 11.3. The summed E-state index contributed by atoms with van der Waals surface area (Å²) in [6, 6.07) is 7.45. The van der Waals surface area contributed by atoms with Crippen molar-refractivity contribution >= 4 is 5.91 Å². The van der Waals surface area contributed by atoms with E-state index in [0.29, 0.717) is 0 Å². The Labute approximate surface area is 116 Å². The zero-order valence-corrected chi connectivity index (χ0v) is 11.3. The normalized spacial score (nSPS) is 11.4. The predicted octanol–water partition coefficient (Wildman–Crippen LogP) is 3.18. The fourth-order valence-electron chi connectivity index (χ4n) is 1.62. The number of carbonyl (C=O) groups is 1. The van der Waals surface area contributed by atoms with E-state index in [1.54, 1.807) is 17.6 Å². The molecule has 0 spiro atoms. The third kappa shape index (κ3) is 7.13. The number of benzene rings is 1. The van der Waals surface area contributed by atoms with E-state index < -0.39 is 18.7 Å². The molecule has 112 valence electrons. The smallest absolute Gasteiger partial charge is 0.272 e. The van der Waals surface area contributed by atoms with Crippen molar-refractivity contribution in [1.29, 1.82) is 0 Å². The minimum absolute atomic E-state index is 0.00802. The van der Waals surface area contributed by atoms with E-state index in [2.05, 4.69) is 11.8 Å². The van der Waals surface area contributed by atoms with Gasteiger partial charge in [0.05, 0.1) is 6.42 Å². The maximum absolute atomic E-state index is 11.8. The molecule has 0 radical (unpaired) electrons. The Kier molecular flexibility index (Phi) is 6.51. The number of hydrogen-bond acceptors (Lipinski definition) is 2. The molecule has 0 atom stereocenters. The lowest BCUT2D eigenvalue weighted by Crippen LogP contribution is -2.30. The molecule has 1 aromatic rings. The van der Waals surface area contributed by atoms with E-state index >= 15 is 0 Å². The summed E-state index contributed by atoms with van der Waals surface area (Å²) in [5.74, 6) is -0.601. The summed E-state index contributed by atoms with van der Waals surface area (Å²) in [5.41, 5.74) is 3.70. The fraction of sp³-hybridized carbons (Fsp3) is 0.500. The molecule has 0 bridgehead atoms. The van der Waals surface area contributed by atoms with Gasteiger partial charge in [0.1, 0.15) is 0 Å². The number of amides is 1. The number of rotatable bonds is 7. The van der Waals surface area contributed by atoms with Crippen LogP contribution in [0.1, 0.15) is 30.9 Å². The molecule has 1 N–H and O–H groups in total. The van der Waals surface area contributed by atoms with Crippen LogP contribution >= 0.6 is 0 Å². The van der Waals surface area contributed by atoms with Gasteiger partial charge in [0, 0.05) is 0 Å². The van der Waals surface area contributed by atoms with Crippen LogP contribution in [0.4, 0.5) is 13.2 Å². The highest BCUT2D eigenvalue weighted by Crippen LogP contribution is 2.13. The number of alkyl halides is 3. The summed E-state index contributed by atoms with van der Waals surface area (Å²) in [6.45, 7) is 0.619. The monoisotopic (exact) mass is 289 g/mol. The van der Waals surface area contributed by atoms with Crippen molar-refractivity contribution in [1.82, 2.24) is 5.48 Å². The van der Waals surface area contributed by atoms with Gasteiger partial charge in [-0.3, -0.25) is 9.63 Å². The minimum atomic E-state index is -4.45. The molecule has 6 heteroatoms. The molecule has 1 amide bonds. The molecule has 0 aliphatic rings. The number of hydrogen-bond donors (Lipinski definition) is 1. The second kappa shape index (κ2) is 7.89. The molecule has 1 rings (SSSR count). The SMILES string of the molecule is CCCCc1ccc(CC(=O)NOCC(F)(F)F)cc1. The number of carbonyl (C=O) groups excluding carboxylic acids is 1. The molecule has 0 aliphatic carbocycles. The molecule has 0 unspecified atom stereocenters. The summed E-state index contributed by atoms with van der Waals surface area (Å²) in [5, 5.41) is 0. The van der Waals surface area contributed by atoms with Crippen LogP contribution < -0.4 is 5.48 Å². The number of aryl methyl sites for hydroxylation is 1. The van der Waals surface area contributed by atoms with Crippen LogP contribution in [0.25, 0.3) is 0 Å². The molecule has 3 nitrogen and oxygen atoms in total. The maximum Gasteiger partial charge on any atom is 0.414 e. The highest BCUT2D eigenvalue weighted by molar-refractivity contribution is 5.77. The van der Waals surface area contributed by atoms with Crippen LogP contribution in [0.3, 0.4) is 0 Å². The molecule has 0 heterocycles. The van der Waals surface area contributed by atoms with Gasteiger partial charge in [-0.05, 0) is 24.0 Å². The fourth-order valence-corrected chi connectivity index (χ4v) is 1.62. The lowest BCUT2D eigenvalue weighted by atomic mass is 10.0. The third-order valence-corrected chi connectivity index (χ3v) is 2.63. The molecule has 0 aromatic heterocycles. The summed E-state index contributed by atoms with van der Waals surface area (Å²) in [4.78, 5) is 15.4. The number of hydroxylamine groups is 1. The first kappa shape index (κ1) is 16.5. The Morgan fingerprint density at radius 1 is 1.20 bits per heavy atom. The topological polar surface area (TPSA) is 38.3 Å². The molecule has 0 saturated heterocycles. The van der Waals surface area contributed by atoms with Crippen LogP contribution in [-0.4, -0.2) is 18.7 Å². The predicted molar refractivity (Wildman–Crippen MR) is 68.9 cm³/mol. The van der Waals surface area contributed by atoms with Crippen molar-refractivity contribution in [3.8, 4) is 0 Å². The van der Waals surface area contributed by atoms with Gasteiger partial charge in [-0.2, -0.15) is 13.2 Å². The standard InChI is InChI=1S/C14H18F3NO2/c1-2-3-4-11-5-7-12(8-6-11)9-13(19)18-20-10-14(15,16)17/h5-8H,2-4,9-10H2,1H3,(H,18,19). The van der Waals surface area contributed by atoms with E-state index in [9.17, 15) is 18.0 Å². The lowest BCUT2D eigenvalue weighted by Gasteiger charge is -2.08. The second-order valence-corrected chi connectivity index (χ2v) is 4.53. The van der Waals surface area contributed by atoms with Gasteiger partial charge in [-0.15, -0.1) is 0 Å². The Balaban J connectivity index is 2.34. The number of unbranched alkanes of at least 4 members (excludes halogenated alkanes) is 1. The molecule has 20 heavy (non-hydrogen) atoms. The number of nitrogens with one attached hydrogen (secondary N) is 1. The number of halogens is 3. The Morgan fingerprint density at radius 3 is 2.35 bits per heavy atom. The van der Waals surface area contributed by atoms with E-state index in [1.165, 1.54) is 5.56 Å². The largest absolute Gasteiger partial charge is 0.414 e. The van der Waals surface area contributed by atoms with Gasteiger partial charge in [0.15, 0.2) is 6.61 Å². The Hall–Kier alpha value is -1.56. The maximum atomic E-state index is 11.8. The van der Waals surface area contributed by atoms with Crippen LogP contribution in [0.2, 0.25) is 0 Å². The lowest BCUT2D eigenvalue weighted by molar-refractivity contribution is -0.191. The van der Waals surface area contributed by atoms with E-state index in [4.69, 9.17) is 0 Å². The van der Waals surface area contributed by atoms with Gasteiger partial charge >= 0.3 is 6.18 Å². The molecular formula is C14H18F3NO2. The van der Waals surface area contributed by atoms with Crippen LogP contribution in [0.5, 0.6) is 0 Å². The quantitative estimate of drug-likeness (QED) is 0.783. The summed E-state index contributed by atoms with van der Waals surface area (Å²) in [6.07, 6.45) is -1.26. The molecule has 0 saturated carbocycles. The van der Waals surface area contributed by atoms with E-state index in [-0.39, 0.29) is 6.42 Å². The van der Waals surface area contributed by atoms with Crippen molar-refractivity contribution in [2.24, 2.45) is 0 Å². The van der Waals surface area contributed by atoms with Gasteiger partial charge in [-0.25, -0.2) is 5.48 Å². The Bertz CT molecular complexity index is 415. The van der Waals surface area contributed by atoms with Gasteiger partial charge in [0.25, 0.3) is 0 Å². The van der Waals surface area contributed by atoms with Crippen LogP contribution in [-0.2, 0) is 22.5 Å². The minimum Gasteiger partial charge on any atom is -0.272 e. The van der Waals surface area contributed by atoms with Crippen molar-refractivity contribution < 1.29 is 22.8 Å². The molecule has 1 aromatic carbocycles.